The fraction of sp³-hybridized carbons (Fsp3) is 0.476. The predicted octanol–water partition coefficient (Wildman–Crippen LogP) is 4.70. The maximum atomic E-state index is 13.1. The summed E-state index contributed by atoms with van der Waals surface area (Å²) in [5.41, 5.74) is 0.928. The van der Waals surface area contributed by atoms with Crippen LogP contribution in [0.25, 0.3) is 0 Å². The minimum Gasteiger partial charge on any atom is -0.455 e. The molecule has 0 aliphatic heterocycles. The number of benzene rings is 1. The Hall–Kier alpha value is -2.14. The quantitative estimate of drug-likeness (QED) is 0.718. The topological polar surface area (TPSA) is 36.7 Å². The number of furan rings is 1. The monoisotopic (exact) mass is 360 g/mol. The highest BCUT2D eigenvalue weighted by Gasteiger charge is 2.24. The van der Waals surface area contributed by atoms with Gasteiger partial charge in [-0.25, -0.2) is 4.39 Å². The van der Waals surface area contributed by atoms with Crippen LogP contribution in [-0.2, 0) is 13.1 Å². The van der Waals surface area contributed by atoms with Gasteiger partial charge in [-0.05, 0) is 64.4 Å². The van der Waals surface area contributed by atoms with Crippen molar-refractivity contribution in [2.45, 2.75) is 53.2 Å². The van der Waals surface area contributed by atoms with E-state index in [1.165, 1.54) is 12.1 Å². The van der Waals surface area contributed by atoms with Crippen molar-refractivity contribution in [2.75, 3.05) is 13.1 Å². The van der Waals surface area contributed by atoms with Crippen LogP contribution < -0.4 is 0 Å². The first-order valence-electron chi connectivity index (χ1n) is 9.12. The third kappa shape index (κ3) is 5.18. The Kier molecular flexibility index (Phi) is 6.59. The van der Waals surface area contributed by atoms with Gasteiger partial charge in [0, 0.05) is 25.2 Å². The van der Waals surface area contributed by atoms with E-state index in [4.69, 9.17) is 4.42 Å². The Bertz CT molecular complexity index is 712. The van der Waals surface area contributed by atoms with Crippen molar-refractivity contribution in [2.24, 2.45) is 0 Å². The second-order valence-electron chi connectivity index (χ2n) is 7.40. The van der Waals surface area contributed by atoms with Crippen LogP contribution in [0.4, 0.5) is 4.39 Å². The normalized spacial score (nSPS) is 11.8. The van der Waals surface area contributed by atoms with E-state index in [9.17, 15) is 9.18 Å². The standard InChI is InChI=1S/C21H29FN2O2/c1-6-23(7-2)20(25)19-13-12-18(26-19)15-24(21(3,4)5)14-16-8-10-17(22)11-9-16/h8-13H,6-7,14-15H2,1-5H3. The fourth-order valence-electron chi connectivity index (χ4n) is 2.77. The fourth-order valence-corrected chi connectivity index (χ4v) is 2.77. The van der Waals surface area contributed by atoms with Crippen LogP contribution in [0.1, 0.15) is 56.5 Å². The first kappa shape index (κ1) is 20.2. The zero-order valence-corrected chi connectivity index (χ0v) is 16.4. The second-order valence-corrected chi connectivity index (χ2v) is 7.40. The average molecular weight is 360 g/mol. The Morgan fingerprint density at radius 2 is 1.62 bits per heavy atom. The van der Waals surface area contributed by atoms with Gasteiger partial charge in [-0.3, -0.25) is 9.69 Å². The summed E-state index contributed by atoms with van der Waals surface area (Å²) in [6.07, 6.45) is 0. The summed E-state index contributed by atoms with van der Waals surface area (Å²) in [6, 6.07) is 10.2. The van der Waals surface area contributed by atoms with Gasteiger partial charge in [0.15, 0.2) is 5.76 Å². The molecule has 2 rings (SSSR count). The van der Waals surface area contributed by atoms with Crippen LogP contribution in [-0.4, -0.2) is 34.3 Å². The lowest BCUT2D eigenvalue weighted by Crippen LogP contribution is -2.40. The summed E-state index contributed by atoms with van der Waals surface area (Å²) < 4.78 is 19.0. The van der Waals surface area contributed by atoms with Crippen molar-refractivity contribution in [1.82, 2.24) is 9.80 Å². The van der Waals surface area contributed by atoms with Crippen molar-refractivity contribution < 1.29 is 13.6 Å². The molecule has 0 unspecified atom stereocenters. The summed E-state index contributed by atoms with van der Waals surface area (Å²) in [5.74, 6) is 0.806. The molecule has 0 aliphatic rings. The Morgan fingerprint density at radius 1 is 1.00 bits per heavy atom. The number of halogens is 1. The number of hydrogen-bond donors (Lipinski definition) is 0. The molecule has 1 heterocycles. The van der Waals surface area contributed by atoms with Crippen LogP contribution >= 0.6 is 0 Å². The van der Waals surface area contributed by atoms with Crippen molar-refractivity contribution in [3.63, 3.8) is 0 Å². The molecule has 0 saturated heterocycles. The van der Waals surface area contributed by atoms with Crippen LogP contribution in [0.15, 0.2) is 40.8 Å². The molecule has 0 spiro atoms. The molecule has 0 radical (unpaired) electrons. The molecule has 1 amide bonds. The highest BCUT2D eigenvalue weighted by Crippen LogP contribution is 2.22. The van der Waals surface area contributed by atoms with Crippen molar-refractivity contribution >= 4 is 5.91 Å². The lowest BCUT2D eigenvalue weighted by Gasteiger charge is -2.35. The number of amides is 1. The molecule has 0 bridgehead atoms. The molecule has 0 saturated carbocycles. The highest BCUT2D eigenvalue weighted by atomic mass is 19.1. The largest absolute Gasteiger partial charge is 0.455 e. The van der Waals surface area contributed by atoms with Crippen molar-refractivity contribution in [1.29, 1.82) is 0 Å². The van der Waals surface area contributed by atoms with Gasteiger partial charge in [0.25, 0.3) is 5.91 Å². The summed E-state index contributed by atoms with van der Waals surface area (Å²) in [7, 11) is 0. The SMILES string of the molecule is CCN(CC)C(=O)c1ccc(CN(Cc2ccc(F)cc2)C(C)(C)C)o1. The molecule has 4 nitrogen and oxygen atoms in total. The molecule has 5 heteroatoms. The van der Waals surface area contributed by atoms with Crippen LogP contribution in [0.2, 0.25) is 0 Å². The second kappa shape index (κ2) is 8.49. The van der Waals surface area contributed by atoms with Gasteiger partial charge in [-0.1, -0.05) is 12.1 Å². The molecule has 0 N–H and O–H groups in total. The third-order valence-corrected chi connectivity index (χ3v) is 4.51. The summed E-state index contributed by atoms with van der Waals surface area (Å²) in [4.78, 5) is 16.4. The molecule has 142 valence electrons. The number of carbonyl (C=O) groups excluding carboxylic acids is 1. The van der Waals surface area contributed by atoms with Crippen LogP contribution in [0.3, 0.4) is 0 Å². The Morgan fingerprint density at radius 3 is 2.15 bits per heavy atom. The van der Waals surface area contributed by atoms with E-state index in [-0.39, 0.29) is 17.3 Å². The predicted molar refractivity (Wildman–Crippen MR) is 101 cm³/mol. The zero-order valence-electron chi connectivity index (χ0n) is 16.4. The van der Waals surface area contributed by atoms with E-state index in [1.54, 1.807) is 23.1 Å². The molecular formula is C21H29FN2O2. The van der Waals surface area contributed by atoms with Crippen molar-refractivity contribution in [3.8, 4) is 0 Å². The third-order valence-electron chi connectivity index (χ3n) is 4.51. The summed E-state index contributed by atoms with van der Waals surface area (Å²) in [5, 5.41) is 0. The molecule has 1 aromatic carbocycles. The number of carbonyl (C=O) groups is 1. The first-order valence-corrected chi connectivity index (χ1v) is 9.12. The van der Waals surface area contributed by atoms with Crippen LogP contribution in [0, 0.1) is 5.82 Å². The van der Waals surface area contributed by atoms with E-state index >= 15 is 0 Å². The lowest BCUT2D eigenvalue weighted by atomic mass is 10.0. The molecular weight excluding hydrogens is 331 g/mol. The highest BCUT2D eigenvalue weighted by molar-refractivity contribution is 5.91. The van der Waals surface area contributed by atoms with E-state index in [1.807, 2.05) is 19.9 Å². The van der Waals surface area contributed by atoms with Gasteiger partial charge in [0.05, 0.1) is 6.54 Å². The maximum Gasteiger partial charge on any atom is 0.289 e. The minimum absolute atomic E-state index is 0.0814. The molecule has 26 heavy (non-hydrogen) atoms. The lowest BCUT2D eigenvalue weighted by molar-refractivity contribution is 0.0729. The molecule has 2 aromatic rings. The number of rotatable bonds is 7. The number of hydrogen-bond acceptors (Lipinski definition) is 3. The van der Waals surface area contributed by atoms with Gasteiger partial charge in [0.2, 0.25) is 0 Å². The van der Waals surface area contributed by atoms with E-state index < -0.39 is 0 Å². The van der Waals surface area contributed by atoms with Gasteiger partial charge in [0.1, 0.15) is 11.6 Å². The molecule has 0 atom stereocenters. The van der Waals surface area contributed by atoms with Crippen molar-refractivity contribution in [3.05, 3.63) is 59.3 Å². The van der Waals surface area contributed by atoms with E-state index in [2.05, 4.69) is 25.7 Å². The van der Waals surface area contributed by atoms with Gasteiger partial charge < -0.3 is 9.32 Å². The summed E-state index contributed by atoms with van der Waals surface area (Å²) >= 11 is 0. The van der Waals surface area contributed by atoms with Crippen LogP contribution in [0.5, 0.6) is 0 Å². The van der Waals surface area contributed by atoms with E-state index in [0.717, 1.165) is 11.3 Å². The van der Waals surface area contributed by atoms with E-state index in [0.29, 0.717) is 31.9 Å². The van der Waals surface area contributed by atoms with Gasteiger partial charge in [-0.15, -0.1) is 0 Å². The minimum atomic E-state index is -0.235. The molecule has 0 aliphatic carbocycles. The first-order chi connectivity index (χ1) is 12.2. The smallest absolute Gasteiger partial charge is 0.289 e. The maximum absolute atomic E-state index is 13.1. The zero-order chi connectivity index (χ0) is 19.3. The van der Waals surface area contributed by atoms with Gasteiger partial charge in [-0.2, -0.15) is 0 Å². The molecule has 0 fully saturated rings. The summed E-state index contributed by atoms with van der Waals surface area (Å²) in [6.45, 7) is 12.8. The number of nitrogens with zero attached hydrogens (tertiary/aromatic N) is 2. The Balaban J connectivity index is 2.14. The molecule has 1 aromatic heterocycles. The van der Waals surface area contributed by atoms with Gasteiger partial charge >= 0.3 is 0 Å². The Labute approximate surface area is 155 Å². The average Bonchev–Trinajstić information content (AvgIpc) is 3.05.